The number of hydrogen-bond acceptors (Lipinski definition) is 5. The number of ether oxygens (including phenoxy) is 2. The number of piperidine rings is 1. The lowest BCUT2D eigenvalue weighted by atomic mass is 9.95. The second-order valence-corrected chi connectivity index (χ2v) is 9.46. The Kier molecular flexibility index (Phi) is 7.23. The van der Waals surface area contributed by atoms with E-state index < -0.39 is 0 Å². The highest BCUT2D eigenvalue weighted by molar-refractivity contribution is 5.79. The Morgan fingerprint density at radius 3 is 2.38 bits per heavy atom. The molecule has 0 N–H and O–H groups in total. The lowest BCUT2D eigenvalue weighted by Crippen LogP contribution is -2.52. The van der Waals surface area contributed by atoms with Gasteiger partial charge in [-0.1, -0.05) is 12.5 Å². The Balaban J connectivity index is 1.40. The van der Waals surface area contributed by atoms with Crippen molar-refractivity contribution in [3.8, 4) is 11.5 Å². The molecule has 3 aliphatic rings. The normalized spacial score (nSPS) is 24.7. The van der Waals surface area contributed by atoms with Crippen LogP contribution in [0.25, 0.3) is 0 Å². The minimum atomic E-state index is 0.185. The fourth-order valence-electron chi connectivity index (χ4n) is 5.83. The van der Waals surface area contributed by atoms with E-state index in [0.717, 1.165) is 51.1 Å². The van der Waals surface area contributed by atoms with Crippen molar-refractivity contribution in [3.05, 3.63) is 23.8 Å². The summed E-state index contributed by atoms with van der Waals surface area (Å²) in [6, 6.07) is 6.69. The molecule has 2 atom stereocenters. The average Bonchev–Trinajstić information content (AvgIpc) is 3.13. The smallest absolute Gasteiger partial charge is 0.227 e. The summed E-state index contributed by atoms with van der Waals surface area (Å²) >= 11 is 0. The van der Waals surface area contributed by atoms with Crippen LogP contribution in [-0.2, 0) is 16.0 Å². The first kappa shape index (κ1) is 22.9. The van der Waals surface area contributed by atoms with Crippen LogP contribution in [0.3, 0.4) is 0 Å². The number of rotatable bonds is 5. The fourth-order valence-corrected chi connectivity index (χ4v) is 5.83. The number of benzene rings is 1. The number of fused-ring (bicyclic) bond motifs is 1. The van der Waals surface area contributed by atoms with E-state index in [-0.39, 0.29) is 11.8 Å². The van der Waals surface area contributed by atoms with Crippen LogP contribution in [0.2, 0.25) is 0 Å². The molecule has 7 heteroatoms. The summed E-state index contributed by atoms with van der Waals surface area (Å²) in [6.07, 6.45) is 6.15. The Morgan fingerprint density at radius 1 is 0.938 bits per heavy atom. The second-order valence-electron chi connectivity index (χ2n) is 9.46. The molecule has 32 heavy (non-hydrogen) atoms. The first-order valence-electron chi connectivity index (χ1n) is 12.0. The van der Waals surface area contributed by atoms with Gasteiger partial charge in [0.15, 0.2) is 11.5 Å². The van der Waals surface area contributed by atoms with E-state index in [0.29, 0.717) is 35.9 Å². The van der Waals surface area contributed by atoms with Crippen LogP contribution >= 0.6 is 0 Å². The van der Waals surface area contributed by atoms with Gasteiger partial charge in [-0.25, -0.2) is 0 Å². The van der Waals surface area contributed by atoms with Crippen LogP contribution in [-0.4, -0.2) is 85.5 Å². The van der Waals surface area contributed by atoms with Gasteiger partial charge in [0.05, 0.1) is 20.6 Å². The van der Waals surface area contributed by atoms with E-state index in [9.17, 15) is 9.59 Å². The van der Waals surface area contributed by atoms with Crippen molar-refractivity contribution in [3.63, 3.8) is 0 Å². The summed E-state index contributed by atoms with van der Waals surface area (Å²) in [5.41, 5.74) is 0.952. The molecule has 0 spiro atoms. The highest BCUT2D eigenvalue weighted by Gasteiger charge is 2.42. The topological polar surface area (TPSA) is 62.3 Å². The lowest BCUT2D eigenvalue weighted by Gasteiger charge is -2.41. The Bertz CT molecular complexity index is 821. The first-order valence-corrected chi connectivity index (χ1v) is 12.0. The third kappa shape index (κ3) is 4.87. The van der Waals surface area contributed by atoms with E-state index >= 15 is 0 Å². The summed E-state index contributed by atoms with van der Waals surface area (Å²) in [5, 5.41) is 0. The summed E-state index contributed by atoms with van der Waals surface area (Å²) in [4.78, 5) is 31.7. The number of likely N-dealkylation sites (tertiary alicyclic amines) is 3. The van der Waals surface area contributed by atoms with Gasteiger partial charge in [-0.3, -0.25) is 14.5 Å². The zero-order valence-electron chi connectivity index (χ0n) is 19.7. The fraction of sp³-hybridized carbons (Fsp3) is 0.680. The van der Waals surface area contributed by atoms with Gasteiger partial charge in [-0.2, -0.15) is 0 Å². The van der Waals surface area contributed by atoms with E-state index in [1.165, 1.54) is 19.3 Å². The van der Waals surface area contributed by atoms with Crippen molar-refractivity contribution in [2.75, 3.05) is 46.9 Å². The minimum Gasteiger partial charge on any atom is -0.493 e. The SMILES string of the molecule is COc1ccc(CC(=O)N2C[C@@H]3CCCCN(C4CCN(C(C)=O)CC4)[C@@H]3C2)cc1OC. The number of methoxy groups -OCH3 is 2. The molecule has 0 radical (unpaired) electrons. The van der Waals surface area contributed by atoms with Crippen LogP contribution in [0.15, 0.2) is 18.2 Å². The Morgan fingerprint density at radius 2 is 1.69 bits per heavy atom. The van der Waals surface area contributed by atoms with Crippen LogP contribution in [0.5, 0.6) is 11.5 Å². The third-order valence-corrected chi connectivity index (χ3v) is 7.61. The molecule has 0 aliphatic carbocycles. The van der Waals surface area contributed by atoms with Crippen molar-refractivity contribution >= 4 is 11.8 Å². The van der Waals surface area contributed by atoms with E-state index in [1.807, 2.05) is 23.1 Å². The molecule has 3 fully saturated rings. The molecule has 176 valence electrons. The van der Waals surface area contributed by atoms with Gasteiger partial charge in [0.2, 0.25) is 11.8 Å². The minimum absolute atomic E-state index is 0.185. The van der Waals surface area contributed by atoms with Crippen LogP contribution in [0, 0.1) is 5.92 Å². The molecule has 1 aromatic rings. The molecular formula is C25H37N3O4. The molecule has 1 aromatic carbocycles. The van der Waals surface area contributed by atoms with Crippen molar-refractivity contribution < 1.29 is 19.1 Å². The van der Waals surface area contributed by atoms with Gasteiger partial charge in [-0.15, -0.1) is 0 Å². The predicted molar refractivity (Wildman–Crippen MR) is 123 cm³/mol. The molecule has 3 heterocycles. The van der Waals surface area contributed by atoms with Crippen molar-refractivity contribution in [2.45, 2.75) is 57.5 Å². The monoisotopic (exact) mass is 443 g/mol. The third-order valence-electron chi connectivity index (χ3n) is 7.61. The predicted octanol–water partition coefficient (Wildman–Crippen LogP) is 2.57. The second kappa shape index (κ2) is 10.1. The van der Waals surface area contributed by atoms with E-state index in [2.05, 4.69) is 9.80 Å². The summed E-state index contributed by atoms with van der Waals surface area (Å²) in [6.45, 7) is 6.18. The summed E-state index contributed by atoms with van der Waals surface area (Å²) < 4.78 is 10.7. The molecule has 0 unspecified atom stereocenters. The van der Waals surface area contributed by atoms with Gasteiger partial charge in [0, 0.05) is 45.2 Å². The lowest BCUT2D eigenvalue weighted by molar-refractivity contribution is -0.131. The van der Waals surface area contributed by atoms with E-state index in [4.69, 9.17) is 9.47 Å². The molecule has 7 nitrogen and oxygen atoms in total. The van der Waals surface area contributed by atoms with Gasteiger partial charge in [0.25, 0.3) is 0 Å². The van der Waals surface area contributed by atoms with Crippen molar-refractivity contribution in [1.82, 2.24) is 14.7 Å². The molecule has 0 bridgehead atoms. The Labute approximate surface area is 191 Å². The molecular weight excluding hydrogens is 406 g/mol. The zero-order valence-corrected chi connectivity index (χ0v) is 19.7. The van der Waals surface area contributed by atoms with Crippen molar-refractivity contribution in [2.24, 2.45) is 5.92 Å². The molecule has 3 saturated heterocycles. The summed E-state index contributed by atoms with van der Waals surface area (Å²) in [7, 11) is 3.24. The number of carbonyl (C=O) groups is 2. The van der Waals surface area contributed by atoms with Gasteiger partial charge in [-0.05, 0) is 55.8 Å². The maximum Gasteiger partial charge on any atom is 0.227 e. The van der Waals surface area contributed by atoms with Gasteiger partial charge >= 0.3 is 0 Å². The first-order chi connectivity index (χ1) is 15.5. The van der Waals surface area contributed by atoms with Crippen LogP contribution in [0.4, 0.5) is 0 Å². The maximum atomic E-state index is 13.2. The molecule has 0 saturated carbocycles. The molecule has 4 rings (SSSR count). The van der Waals surface area contributed by atoms with Crippen LogP contribution < -0.4 is 9.47 Å². The quantitative estimate of drug-likeness (QED) is 0.700. The standard InChI is InChI=1S/C25H37N3O4/c1-18(29)26-12-9-21(10-13-26)28-11-5-4-6-20-16-27(17-22(20)28)25(30)15-19-7-8-23(31-2)24(14-19)32-3/h7-8,14,20-22H,4-6,9-13,15-17H2,1-3H3/t20-,22+/m0/s1. The average molecular weight is 444 g/mol. The largest absolute Gasteiger partial charge is 0.493 e. The molecule has 2 amide bonds. The van der Waals surface area contributed by atoms with E-state index in [1.54, 1.807) is 21.1 Å². The maximum absolute atomic E-state index is 13.2. The summed E-state index contributed by atoms with van der Waals surface area (Å²) in [5.74, 6) is 2.27. The number of nitrogens with zero attached hydrogens (tertiary/aromatic N) is 3. The van der Waals surface area contributed by atoms with Crippen molar-refractivity contribution in [1.29, 1.82) is 0 Å². The Hall–Kier alpha value is -2.28. The zero-order chi connectivity index (χ0) is 22.7. The number of hydrogen-bond donors (Lipinski definition) is 0. The molecule has 0 aromatic heterocycles. The highest BCUT2D eigenvalue weighted by atomic mass is 16.5. The number of carbonyl (C=O) groups excluding carboxylic acids is 2. The number of amides is 2. The molecule has 3 aliphatic heterocycles. The van der Waals surface area contributed by atoms with Crippen LogP contribution in [0.1, 0.15) is 44.6 Å². The van der Waals surface area contributed by atoms with Gasteiger partial charge in [0.1, 0.15) is 0 Å². The highest BCUT2D eigenvalue weighted by Crippen LogP contribution is 2.34. The van der Waals surface area contributed by atoms with Gasteiger partial charge < -0.3 is 19.3 Å².